The lowest BCUT2D eigenvalue weighted by Gasteiger charge is -2.05. The summed E-state index contributed by atoms with van der Waals surface area (Å²) in [4.78, 5) is 21.1. The van der Waals surface area contributed by atoms with Gasteiger partial charge in [0, 0.05) is 18.2 Å². The van der Waals surface area contributed by atoms with Gasteiger partial charge in [-0.25, -0.2) is 4.79 Å². The van der Waals surface area contributed by atoms with Gasteiger partial charge in [0.2, 0.25) is 0 Å². The molecule has 0 aliphatic heterocycles. The summed E-state index contributed by atoms with van der Waals surface area (Å²) in [6.07, 6.45) is 0. The molecule has 0 fully saturated rings. The fraction of sp³-hybridized carbons (Fsp3) is 0.167. The molecular formula is C12H10N2O6. The van der Waals surface area contributed by atoms with Gasteiger partial charge in [0.1, 0.15) is 6.61 Å². The van der Waals surface area contributed by atoms with E-state index in [0.717, 1.165) is 18.2 Å². The van der Waals surface area contributed by atoms with Gasteiger partial charge in [0.05, 0.1) is 16.2 Å². The number of aromatic carboxylic acids is 1. The number of carbonyl (C=O) groups is 1. The molecule has 8 nitrogen and oxygen atoms in total. The maximum Gasteiger partial charge on any atom is 0.335 e. The molecule has 0 atom stereocenters. The fourth-order valence-electron chi connectivity index (χ4n) is 1.55. The van der Waals surface area contributed by atoms with E-state index in [9.17, 15) is 14.9 Å². The van der Waals surface area contributed by atoms with Crippen molar-refractivity contribution in [2.75, 3.05) is 0 Å². The second-order valence-electron chi connectivity index (χ2n) is 3.97. The molecule has 0 amide bonds. The van der Waals surface area contributed by atoms with Crippen LogP contribution in [0.3, 0.4) is 0 Å². The highest BCUT2D eigenvalue weighted by molar-refractivity contribution is 5.88. The second-order valence-corrected chi connectivity index (χ2v) is 3.97. The van der Waals surface area contributed by atoms with Gasteiger partial charge in [-0.05, 0) is 13.0 Å². The van der Waals surface area contributed by atoms with E-state index in [1.165, 1.54) is 0 Å². The Hall–Kier alpha value is -2.90. The summed E-state index contributed by atoms with van der Waals surface area (Å²) < 4.78 is 10.2. The van der Waals surface area contributed by atoms with Gasteiger partial charge in [-0.3, -0.25) is 10.1 Å². The quantitative estimate of drug-likeness (QED) is 0.658. The predicted molar refractivity (Wildman–Crippen MR) is 65.6 cm³/mol. The Kier molecular flexibility index (Phi) is 3.65. The summed E-state index contributed by atoms with van der Waals surface area (Å²) in [6, 6.07) is 4.95. The Morgan fingerprint density at radius 3 is 2.80 bits per heavy atom. The number of ether oxygens (including phenoxy) is 1. The minimum atomic E-state index is -1.19. The van der Waals surface area contributed by atoms with Crippen molar-refractivity contribution in [3.63, 3.8) is 0 Å². The van der Waals surface area contributed by atoms with Crippen LogP contribution in [-0.4, -0.2) is 21.2 Å². The zero-order chi connectivity index (χ0) is 14.7. The Balaban J connectivity index is 2.25. The Bertz CT molecular complexity index is 664. The number of nitro groups is 1. The Morgan fingerprint density at radius 2 is 2.25 bits per heavy atom. The average molecular weight is 278 g/mol. The third kappa shape index (κ3) is 2.91. The van der Waals surface area contributed by atoms with Crippen molar-refractivity contribution in [1.29, 1.82) is 0 Å². The number of aromatic nitrogens is 1. The molecule has 1 aromatic carbocycles. The van der Waals surface area contributed by atoms with Gasteiger partial charge < -0.3 is 14.4 Å². The molecule has 0 aliphatic rings. The number of nitrogens with zero attached hydrogens (tertiary/aromatic N) is 2. The normalized spacial score (nSPS) is 10.2. The Morgan fingerprint density at radius 1 is 1.50 bits per heavy atom. The van der Waals surface area contributed by atoms with E-state index in [4.69, 9.17) is 14.4 Å². The summed E-state index contributed by atoms with van der Waals surface area (Å²) in [6.45, 7) is 1.64. The van der Waals surface area contributed by atoms with E-state index in [1.807, 2.05) is 0 Å². The maximum absolute atomic E-state index is 10.9. The van der Waals surface area contributed by atoms with Crippen LogP contribution in [0.5, 0.6) is 5.75 Å². The minimum Gasteiger partial charge on any atom is -0.478 e. The topological polar surface area (TPSA) is 116 Å². The number of carboxylic acids is 1. The van der Waals surface area contributed by atoms with Crippen molar-refractivity contribution in [3.8, 4) is 5.75 Å². The van der Waals surface area contributed by atoms with Crippen LogP contribution < -0.4 is 4.74 Å². The number of aryl methyl sites for hydroxylation is 1. The summed E-state index contributed by atoms with van der Waals surface area (Å²) >= 11 is 0. The van der Waals surface area contributed by atoms with E-state index in [2.05, 4.69) is 5.16 Å². The van der Waals surface area contributed by atoms with Crippen molar-refractivity contribution < 1.29 is 24.1 Å². The molecule has 0 bridgehead atoms. The minimum absolute atomic E-state index is 0.0786. The van der Waals surface area contributed by atoms with Gasteiger partial charge in [-0.1, -0.05) is 5.16 Å². The van der Waals surface area contributed by atoms with Crippen molar-refractivity contribution in [1.82, 2.24) is 5.16 Å². The third-order valence-corrected chi connectivity index (χ3v) is 2.45. The SMILES string of the molecule is Cc1cc(COc2cc(C(=O)O)ccc2[N+](=O)[O-])on1. The number of hydrogen-bond donors (Lipinski definition) is 1. The zero-order valence-corrected chi connectivity index (χ0v) is 10.4. The van der Waals surface area contributed by atoms with Crippen molar-refractivity contribution in [2.24, 2.45) is 0 Å². The standard InChI is InChI=1S/C12H10N2O6/c1-7-4-9(20-13-7)6-19-11-5-8(12(15)16)2-3-10(11)14(17)18/h2-5H,6H2,1H3,(H,15,16). The smallest absolute Gasteiger partial charge is 0.335 e. The zero-order valence-electron chi connectivity index (χ0n) is 10.4. The van der Waals surface area contributed by atoms with Crippen LogP contribution in [0, 0.1) is 17.0 Å². The first-order valence-electron chi connectivity index (χ1n) is 5.54. The predicted octanol–water partition coefficient (Wildman–Crippen LogP) is 2.17. The number of carboxylic acid groups (broad SMARTS) is 1. The monoisotopic (exact) mass is 278 g/mol. The second kappa shape index (κ2) is 5.39. The Labute approximate surface area is 112 Å². The molecule has 0 aliphatic carbocycles. The van der Waals surface area contributed by atoms with Crippen molar-refractivity contribution >= 4 is 11.7 Å². The van der Waals surface area contributed by atoms with Crippen LogP contribution in [0.25, 0.3) is 0 Å². The average Bonchev–Trinajstić information content (AvgIpc) is 2.81. The lowest BCUT2D eigenvalue weighted by Crippen LogP contribution is -2.02. The van der Waals surface area contributed by atoms with E-state index in [1.54, 1.807) is 13.0 Å². The highest BCUT2D eigenvalue weighted by Crippen LogP contribution is 2.28. The van der Waals surface area contributed by atoms with Crippen molar-refractivity contribution in [3.05, 3.63) is 51.4 Å². The molecule has 0 radical (unpaired) electrons. The molecule has 1 heterocycles. The highest BCUT2D eigenvalue weighted by atomic mass is 16.6. The first kappa shape index (κ1) is 13.5. The number of rotatable bonds is 5. The van der Waals surface area contributed by atoms with Gasteiger partial charge in [-0.15, -0.1) is 0 Å². The maximum atomic E-state index is 10.9. The summed E-state index contributed by atoms with van der Waals surface area (Å²) in [7, 11) is 0. The first-order valence-corrected chi connectivity index (χ1v) is 5.54. The lowest BCUT2D eigenvalue weighted by atomic mass is 10.2. The molecule has 2 aromatic rings. The van der Waals surface area contributed by atoms with Crippen LogP contribution >= 0.6 is 0 Å². The number of nitro benzene ring substituents is 1. The van der Waals surface area contributed by atoms with Gasteiger partial charge in [-0.2, -0.15) is 0 Å². The van der Waals surface area contributed by atoms with Gasteiger partial charge in [0.15, 0.2) is 11.5 Å². The van der Waals surface area contributed by atoms with E-state index < -0.39 is 10.9 Å². The molecule has 104 valence electrons. The number of hydrogen-bond acceptors (Lipinski definition) is 6. The summed E-state index contributed by atoms with van der Waals surface area (Å²) in [5, 5.41) is 23.4. The molecule has 1 aromatic heterocycles. The highest BCUT2D eigenvalue weighted by Gasteiger charge is 2.18. The lowest BCUT2D eigenvalue weighted by molar-refractivity contribution is -0.386. The van der Waals surface area contributed by atoms with E-state index >= 15 is 0 Å². The summed E-state index contributed by atoms with van der Waals surface area (Å²) in [5.41, 5.74) is 0.239. The molecule has 20 heavy (non-hydrogen) atoms. The number of benzene rings is 1. The van der Waals surface area contributed by atoms with E-state index in [-0.39, 0.29) is 23.6 Å². The molecule has 0 saturated carbocycles. The largest absolute Gasteiger partial charge is 0.478 e. The molecule has 1 N–H and O–H groups in total. The third-order valence-electron chi connectivity index (χ3n) is 2.45. The van der Waals surface area contributed by atoms with Crippen LogP contribution in [0.1, 0.15) is 21.8 Å². The van der Waals surface area contributed by atoms with Gasteiger partial charge in [0.25, 0.3) is 0 Å². The van der Waals surface area contributed by atoms with Gasteiger partial charge >= 0.3 is 11.7 Å². The van der Waals surface area contributed by atoms with Crippen LogP contribution in [-0.2, 0) is 6.61 Å². The summed E-state index contributed by atoms with van der Waals surface area (Å²) in [5.74, 6) is -0.943. The molecule has 2 rings (SSSR count). The fourth-order valence-corrected chi connectivity index (χ4v) is 1.55. The molecule has 8 heteroatoms. The molecular weight excluding hydrogens is 268 g/mol. The van der Waals surface area contributed by atoms with Crippen LogP contribution in [0.2, 0.25) is 0 Å². The van der Waals surface area contributed by atoms with Crippen LogP contribution in [0.15, 0.2) is 28.8 Å². The molecule has 0 spiro atoms. The van der Waals surface area contributed by atoms with E-state index in [0.29, 0.717) is 11.5 Å². The molecule has 0 unspecified atom stereocenters. The molecule has 0 saturated heterocycles. The first-order chi connectivity index (χ1) is 9.47. The van der Waals surface area contributed by atoms with Crippen LogP contribution in [0.4, 0.5) is 5.69 Å². The van der Waals surface area contributed by atoms with Crippen molar-refractivity contribution in [2.45, 2.75) is 13.5 Å².